The van der Waals surface area contributed by atoms with Crippen LogP contribution in [0.25, 0.3) is 0 Å². The third kappa shape index (κ3) is 7.00. The van der Waals surface area contributed by atoms with Crippen molar-refractivity contribution in [1.29, 1.82) is 0 Å². The first-order chi connectivity index (χ1) is 11.4. The van der Waals surface area contributed by atoms with Crippen molar-refractivity contribution in [3.63, 3.8) is 0 Å². The number of guanidine groups is 1. The maximum absolute atomic E-state index is 11.8. The highest BCUT2D eigenvalue weighted by molar-refractivity contribution is 5.81. The predicted octanol–water partition coefficient (Wildman–Crippen LogP) is 1.09. The molecule has 0 radical (unpaired) electrons. The van der Waals surface area contributed by atoms with Gasteiger partial charge in [0, 0.05) is 38.0 Å². The molecular formula is C18H30N4O2. The number of nitrogens with zero attached hydrogens (tertiary/aromatic N) is 1. The van der Waals surface area contributed by atoms with Crippen LogP contribution in [0.3, 0.4) is 0 Å². The first-order valence-corrected chi connectivity index (χ1v) is 8.27. The number of carbonyl (C=O) groups excluding carboxylic acids is 1. The molecule has 4 N–H and O–H groups in total. The summed E-state index contributed by atoms with van der Waals surface area (Å²) < 4.78 is 0. The number of amides is 1. The Bertz CT molecular complexity index is 524. The van der Waals surface area contributed by atoms with Crippen molar-refractivity contribution in [3.05, 3.63) is 35.9 Å². The van der Waals surface area contributed by atoms with Crippen LogP contribution in [0.5, 0.6) is 0 Å². The van der Waals surface area contributed by atoms with Gasteiger partial charge in [0.2, 0.25) is 5.91 Å². The Hall–Kier alpha value is -2.08. The third-order valence-corrected chi connectivity index (χ3v) is 3.62. The van der Waals surface area contributed by atoms with Crippen LogP contribution >= 0.6 is 0 Å². The van der Waals surface area contributed by atoms with Gasteiger partial charge in [-0.1, -0.05) is 51.1 Å². The molecule has 1 amide bonds. The maximum atomic E-state index is 11.8. The van der Waals surface area contributed by atoms with Gasteiger partial charge in [-0.05, 0) is 5.56 Å². The van der Waals surface area contributed by atoms with Gasteiger partial charge < -0.3 is 21.1 Å². The fraction of sp³-hybridized carbons (Fsp3) is 0.556. The van der Waals surface area contributed by atoms with Crippen molar-refractivity contribution in [2.75, 3.05) is 33.3 Å². The molecule has 0 aliphatic carbocycles. The lowest BCUT2D eigenvalue weighted by atomic mass is 9.96. The van der Waals surface area contributed by atoms with Gasteiger partial charge in [-0.3, -0.25) is 9.79 Å². The molecule has 1 aromatic rings. The van der Waals surface area contributed by atoms with E-state index in [2.05, 4.69) is 20.9 Å². The van der Waals surface area contributed by atoms with Gasteiger partial charge in [-0.15, -0.1) is 0 Å². The van der Waals surface area contributed by atoms with E-state index in [9.17, 15) is 9.90 Å². The molecule has 6 heteroatoms. The normalized spacial score (nSPS) is 13.3. The Morgan fingerprint density at radius 2 is 1.75 bits per heavy atom. The first-order valence-electron chi connectivity index (χ1n) is 8.27. The van der Waals surface area contributed by atoms with Crippen molar-refractivity contribution < 1.29 is 9.90 Å². The summed E-state index contributed by atoms with van der Waals surface area (Å²) in [5.74, 6) is 0.677. The van der Waals surface area contributed by atoms with Crippen LogP contribution in [-0.4, -0.2) is 50.3 Å². The van der Waals surface area contributed by atoms with Gasteiger partial charge in [0.05, 0.1) is 6.61 Å². The van der Waals surface area contributed by atoms with Gasteiger partial charge in [0.25, 0.3) is 0 Å². The summed E-state index contributed by atoms with van der Waals surface area (Å²) in [5.41, 5.74) is 0.699. The standard InChI is InChI=1S/C18H30N4O2/c1-18(2,3)16(24)20-10-11-21-17(19-4)22-12-15(13-23)14-8-6-5-7-9-14/h5-9,15,23H,10-13H2,1-4H3,(H,20,24)(H2,19,21,22). The molecule has 1 unspecified atom stereocenters. The highest BCUT2D eigenvalue weighted by Crippen LogP contribution is 2.13. The zero-order valence-corrected chi connectivity index (χ0v) is 15.1. The molecule has 0 aliphatic rings. The van der Waals surface area contributed by atoms with Crippen LogP contribution in [0.15, 0.2) is 35.3 Å². The maximum Gasteiger partial charge on any atom is 0.225 e. The van der Waals surface area contributed by atoms with Crippen molar-refractivity contribution in [1.82, 2.24) is 16.0 Å². The van der Waals surface area contributed by atoms with E-state index in [1.54, 1.807) is 7.05 Å². The van der Waals surface area contributed by atoms with E-state index in [0.29, 0.717) is 25.6 Å². The van der Waals surface area contributed by atoms with Gasteiger partial charge in [-0.2, -0.15) is 0 Å². The number of benzene rings is 1. The molecule has 6 nitrogen and oxygen atoms in total. The van der Waals surface area contributed by atoms with E-state index < -0.39 is 0 Å². The number of carbonyl (C=O) groups is 1. The fourth-order valence-corrected chi connectivity index (χ4v) is 2.08. The topological polar surface area (TPSA) is 85.8 Å². The van der Waals surface area contributed by atoms with E-state index in [4.69, 9.17) is 0 Å². The van der Waals surface area contributed by atoms with Crippen LogP contribution in [0, 0.1) is 5.41 Å². The van der Waals surface area contributed by atoms with E-state index in [-0.39, 0.29) is 23.8 Å². The Labute approximate surface area is 144 Å². The largest absolute Gasteiger partial charge is 0.396 e. The van der Waals surface area contributed by atoms with Crippen LogP contribution in [0.1, 0.15) is 32.3 Å². The Balaban J connectivity index is 2.36. The van der Waals surface area contributed by atoms with Crippen molar-refractivity contribution >= 4 is 11.9 Å². The van der Waals surface area contributed by atoms with Crippen LogP contribution in [-0.2, 0) is 4.79 Å². The molecule has 1 aromatic carbocycles. The molecule has 0 spiro atoms. The minimum atomic E-state index is -0.385. The smallest absolute Gasteiger partial charge is 0.225 e. The number of aliphatic imine (C=N–C) groups is 1. The second-order valence-corrected chi connectivity index (χ2v) is 6.68. The lowest BCUT2D eigenvalue weighted by Gasteiger charge is -2.19. The molecule has 0 saturated heterocycles. The zero-order chi connectivity index (χ0) is 18.0. The van der Waals surface area contributed by atoms with E-state index in [0.717, 1.165) is 5.56 Å². The zero-order valence-electron chi connectivity index (χ0n) is 15.1. The second kappa shape index (κ2) is 9.93. The molecule has 134 valence electrons. The third-order valence-electron chi connectivity index (χ3n) is 3.62. The molecule has 0 heterocycles. The van der Waals surface area contributed by atoms with Gasteiger partial charge in [-0.25, -0.2) is 0 Å². The van der Waals surface area contributed by atoms with Crippen LogP contribution < -0.4 is 16.0 Å². The average molecular weight is 334 g/mol. The minimum absolute atomic E-state index is 0.00495. The number of rotatable bonds is 7. The average Bonchev–Trinajstić information content (AvgIpc) is 2.57. The number of hydrogen-bond acceptors (Lipinski definition) is 3. The van der Waals surface area contributed by atoms with Crippen molar-refractivity contribution in [2.45, 2.75) is 26.7 Å². The predicted molar refractivity (Wildman–Crippen MR) is 98.1 cm³/mol. The molecule has 0 aliphatic heterocycles. The number of aliphatic hydroxyl groups excluding tert-OH is 1. The molecule has 0 fully saturated rings. The lowest BCUT2D eigenvalue weighted by Crippen LogP contribution is -2.44. The number of aliphatic hydroxyl groups is 1. The summed E-state index contributed by atoms with van der Waals surface area (Å²) >= 11 is 0. The Kier molecular flexibility index (Phi) is 8.26. The van der Waals surface area contributed by atoms with E-state index >= 15 is 0 Å². The summed E-state index contributed by atoms with van der Waals surface area (Å²) in [7, 11) is 1.69. The van der Waals surface area contributed by atoms with Crippen LogP contribution in [0.4, 0.5) is 0 Å². The van der Waals surface area contributed by atoms with Gasteiger partial charge >= 0.3 is 0 Å². The summed E-state index contributed by atoms with van der Waals surface area (Å²) in [6, 6.07) is 9.88. The Morgan fingerprint density at radius 3 is 2.29 bits per heavy atom. The second-order valence-electron chi connectivity index (χ2n) is 6.68. The Morgan fingerprint density at radius 1 is 1.12 bits per heavy atom. The number of hydrogen-bond donors (Lipinski definition) is 4. The molecule has 0 saturated carbocycles. The highest BCUT2D eigenvalue weighted by Gasteiger charge is 2.20. The molecule has 0 aromatic heterocycles. The molecule has 24 heavy (non-hydrogen) atoms. The molecular weight excluding hydrogens is 304 g/mol. The lowest BCUT2D eigenvalue weighted by molar-refractivity contribution is -0.128. The summed E-state index contributed by atoms with van der Waals surface area (Å²) in [5, 5.41) is 18.8. The monoisotopic (exact) mass is 334 g/mol. The van der Waals surface area contributed by atoms with E-state index in [1.807, 2.05) is 51.1 Å². The summed E-state index contributed by atoms with van der Waals surface area (Å²) in [6.45, 7) is 7.40. The first kappa shape index (κ1) is 20.0. The minimum Gasteiger partial charge on any atom is -0.396 e. The molecule has 1 rings (SSSR count). The van der Waals surface area contributed by atoms with Gasteiger partial charge in [0.15, 0.2) is 5.96 Å². The van der Waals surface area contributed by atoms with E-state index in [1.165, 1.54) is 0 Å². The summed E-state index contributed by atoms with van der Waals surface area (Å²) in [4.78, 5) is 15.9. The highest BCUT2D eigenvalue weighted by atomic mass is 16.3. The van der Waals surface area contributed by atoms with Gasteiger partial charge in [0.1, 0.15) is 0 Å². The quantitative estimate of drug-likeness (QED) is 0.342. The van der Waals surface area contributed by atoms with Crippen molar-refractivity contribution in [2.24, 2.45) is 10.4 Å². The van der Waals surface area contributed by atoms with Crippen molar-refractivity contribution in [3.8, 4) is 0 Å². The van der Waals surface area contributed by atoms with Crippen LogP contribution in [0.2, 0.25) is 0 Å². The molecule has 0 bridgehead atoms. The summed E-state index contributed by atoms with van der Waals surface area (Å²) in [6.07, 6.45) is 0. The fourth-order valence-electron chi connectivity index (χ4n) is 2.08. The molecule has 1 atom stereocenters. The SMILES string of the molecule is CN=C(NCCNC(=O)C(C)(C)C)NCC(CO)c1ccccc1. The number of nitrogens with one attached hydrogen (secondary N) is 3.